The van der Waals surface area contributed by atoms with Crippen molar-refractivity contribution in [2.24, 2.45) is 0 Å². The zero-order valence-corrected chi connectivity index (χ0v) is 37.0. The highest BCUT2D eigenvalue weighted by atomic mass is 16.5. The molecule has 1 aromatic rings. The molecule has 0 saturated heterocycles. The summed E-state index contributed by atoms with van der Waals surface area (Å²) in [6.07, 6.45) is 39.0. The van der Waals surface area contributed by atoms with E-state index in [9.17, 15) is 14.4 Å². The lowest BCUT2D eigenvalue weighted by atomic mass is 9.97. The van der Waals surface area contributed by atoms with Crippen molar-refractivity contribution in [3.63, 3.8) is 0 Å². The number of esters is 1. The monoisotopic (exact) mass is 771 g/mol. The first-order chi connectivity index (χ1) is 26.9. The fourth-order valence-electron chi connectivity index (χ4n) is 7.83. The van der Waals surface area contributed by atoms with Crippen LogP contribution < -0.4 is 16.2 Å². The van der Waals surface area contributed by atoms with Crippen LogP contribution in [0.25, 0.3) is 5.57 Å². The Hall–Kier alpha value is -1.95. The Balaban J connectivity index is 2.41. The molecule has 0 radical (unpaired) electrons. The van der Waals surface area contributed by atoms with Gasteiger partial charge in [-0.15, -0.1) is 0 Å². The highest BCUT2D eigenvalue weighted by molar-refractivity contribution is 5.78. The maximum absolute atomic E-state index is 12.8. The summed E-state index contributed by atoms with van der Waals surface area (Å²) in [5.41, 5.74) is 1.05. The molecular weight excluding hydrogens is 681 g/mol. The molecule has 6 heteroatoms. The third-order valence-corrected chi connectivity index (χ3v) is 11.6. The van der Waals surface area contributed by atoms with E-state index in [4.69, 9.17) is 4.74 Å². The maximum atomic E-state index is 12.8. The molecule has 0 saturated carbocycles. The largest absolute Gasteiger partial charge is 0.462 e. The number of carbonyl (C=O) groups excluding carboxylic acids is 1. The molecule has 0 spiro atoms. The molecule has 0 aliphatic rings. The summed E-state index contributed by atoms with van der Waals surface area (Å²) in [6.45, 7) is 17.1. The molecule has 0 bridgehead atoms. The molecule has 0 atom stereocenters. The van der Waals surface area contributed by atoms with E-state index in [-0.39, 0.29) is 17.5 Å². The van der Waals surface area contributed by atoms with Crippen LogP contribution in [0.2, 0.25) is 0 Å². The van der Waals surface area contributed by atoms with Crippen LogP contribution in [0, 0.1) is 0 Å². The van der Waals surface area contributed by atoms with Crippen LogP contribution in [0.1, 0.15) is 245 Å². The highest BCUT2D eigenvalue weighted by Gasteiger charge is 2.23. The molecule has 320 valence electrons. The van der Waals surface area contributed by atoms with Gasteiger partial charge in [-0.05, 0) is 76.5 Å². The molecular formula is C49H90N2O4. The summed E-state index contributed by atoms with van der Waals surface area (Å²) < 4.78 is 6.02. The first kappa shape index (κ1) is 51.1. The first-order valence-corrected chi connectivity index (χ1v) is 24.1. The summed E-state index contributed by atoms with van der Waals surface area (Å²) in [5.74, 6) is -0.0237. The summed E-state index contributed by atoms with van der Waals surface area (Å²) in [5, 5.41) is 3.29. The lowest BCUT2D eigenvalue weighted by Crippen LogP contribution is -2.38. The average Bonchev–Trinajstić information content (AvgIpc) is 3.18. The molecule has 0 amide bonds. The van der Waals surface area contributed by atoms with Gasteiger partial charge in [-0.1, -0.05) is 182 Å². The number of nitrogens with zero attached hydrogens (tertiary/aromatic N) is 1. The van der Waals surface area contributed by atoms with Gasteiger partial charge in [0.15, 0.2) is 0 Å². The second-order valence-electron chi connectivity index (χ2n) is 16.8. The van der Waals surface area contributed by atoms with Gasteiger partial charge in [0.25, 0.3) is 0 Å². The summed E-state index contributed by atoms with van der Waals surface area (Å²) in [7, 11) is 0. The second kappa shape index (κ2) is 36.4. The van der Waals surface area contributed by atoms with Crippen molar-refractivity contribution in [3.05, 3.63) is 32.6 Å². The van der Waals surface area contributed by atoms with E-state index in [1.807, 2.05) is 0 Å². The van der Waals surface area contributed by atoms with Crippen LogP contribution in [-0.4, -0.2) is 43.2 Å². The molecule has 0 unspecified atom stereocenters. The fourth-order valence-corrected chi connectivity index (χ4v) is 7.83. The maximum Gasteiger partial charge on any atom is 0.306 e. The van der Waals surface area contributed by atoms with Crippen molar-refractivity contribution in [3.8, 4) is 0 Å². The minimum absolute atomic E-state index is 0.0237. The predicted octanol–water partition coefficient (Wildman–Crippen LogP) is 13.9. The van der Waals surface area contributed by atoms with E-state index in [1.165, 1.54) is 141 Å². The molecule has 55 heavy (non-hydrogen) atoms. The van der Waals surface area contributed by atoms with Crippen molar-refractivity contribution in [1.29, 1.82) is 0 Å². The number of hydrogen-bond donors (Lipinski definition) is 1. The number of hydrogen-bond acceptors (Lipinski definition) is 6. The van der Waals surface area contributed by atoms with Crippen LogP contribution in [-0.2, 0) is 9.53 Å². The standard InChI is InChI=1S/C49H90N2O4/c1-6-10-14-18-23-29-35-44(36-30-24-19-15-11-7-2)55-45(52)37-31-25-22-26-32-39-50-47-46(48(53)49(47)54)43(5)38-42-51(40-33-27-20-16-12-8-3)41-34-28-21-17-13-9-4/h44,50H,5-42H2,1-4H3. The number of anilines is 1. The van der Waals surface area contributed by atoms with Crippen molar-refractivity contribution < 1.29 is 9.53 Å². The Morgan fingerprint density at radius 3 is 1.44 bits per heavy atom. The number of ether oxygens (including phenoxy) is 1. The van der Waals surface area contributed by atoms with Crippen LogP contribution in [0.4, 0.5) is 5.69 Å². The minimum atomic E-state index is -0.392. The zero-order chi connectivity index (χ0) is 40.2. The van der Waals surface area contributed by atoms with Crippen molar-refractivity contribution in [2.75, 3.05) is 31.5 Å². The summed E-state index contributed by atoms with van der Waals surface area (Å²) in [6, 6.07) is 0. The molecule has 0 heterocycles. The van der Waals surface area contributed by atoms with Gasteiger partial charge >= 0.3 is 5.97 Å². The molecule has 0 aliphatic carbocycles. The van der Waals surface area contributed by atoms with Crippen molar-refractivity contribution >= 4 is 17.2 Å². The van der Waals surface area contributed by atoms with Crippen molar-refractivity contribution in [1.82, 2.24) is 4.90 Å². The Kier molecular flexibility index (Phi) is 33.8. The third-order valence-electron chi connectivity index (χ3n) is 11.6. The Morgan fingerprint density at radius 1 is 0.527 bits per heavy atom. The van der Waals surface area contributed by atoms with Crippen LogP contribution in [0.3, 0.4) is 0 Å². The van der Waals surface area contributed by atoms with Gasteiger partial charge in [0.2, 0.25) is 10.9 Å². The topological polar surface area (TPSA) is 75.7 Å². The molecule has 0 aliphatic heterocycles. The lowest BCUT2D eigenvalue weighted by molar-refractivity contribution is -0.150. The molecule has 6 nitrogen and oxygen atoms in total. The Morgan fingerprint density at radius 2 is 0.945 bits per heavy atom. The molecule has 0 aromatic heterocycles. The molecule has 1 N–H and O–H groups in total. The number of carbonyl (C=O) groups is 1. The predicted molar refractivity (Wildman–Crippen MR) is 240 cm³/mol. The van der Waals surface area contributed by atoms with E-state index < -0.39 is 5.43 Å². The zero-order valence-electron chi connectivity index (χ0n) is 37.0. The van der Waals surface area contributed by atoms with E-state index >= 15 is 0 Å². The SMILES string of the molecule is C=C(CCN(CCCCCCCC)CCCCCCCC)c1c(NCCCCCCCC(=O)OC(CCCCCCCC)CCCCCCCC)c(=O)c1=O. The van der Waals surface area contributed by atoms with Gasteiger partial charge in [0.05, 0.1) is 11.3 Å². The van der Waals surface area contributed by atoms with Crippen LogP contribution in [0.15, 0.2) is 16.2 Å². The lowest BCUT2D eigenvalue weighted by Gasteiger charge is -2.24. The van der Waals surface area contributed by atoms with Crippen LogP contribution in [0.5, 0.6) is 0 Å². The van der Waals surface area contributed by atoms with Gasteiger partial charge < -0.3 is 15.0 Å². The van der Waals surface area contributed by atoms with Crippen molar-refractivity contribution in [2.45, 2.75) is 246 Å². The minimum Gasteiger partial charge on any atom is -0.462 e. The number of unbranched alkanes of at least 4 members (excludes halogenated alkanes) is 24. The number of rotatable bonds is 42. The van der Waals surface area contributed by atoms with Gasteiger partial charge in [0.1, 0.15) is 6.10 Å². The van der Waals surface area contributed by atoms with Gasteiger partial charge in [-0.2, -0.15) is 0 Å². The van der Waals surface area contributed by atoms with Gasteiger partial charge in [-0.3, -0.25) is 14.4 Å². The molecule has 1 rings (SSSR count). The quantitative estimate of drug-likeness (QED) is 0.0405. The smallest absolute Gasteiger partial charge is 0.306 e. The summed E-state index contributed by atoms with van der Waals surface area (Å²) in [4.78, 5) is 40.5. The van der Waals surface area contributed by atoms with E-state index in [2.05, 4.69) is 44.5 Å². The average molecular weight is 771 g/mol. The van der Waals surface area contributed by atoms with E-state index in [0.717, 1.165) is 89.4 Å². The van der Waals surface area contributed by atoms with Gasteiger partial charge in [-0.25, -0.2) is 0 Å². The van der Waals surface area contributed by atoms with Crippen LogP contribution >= 0.6 is 0 Å². The normalized spacial score (nSPS) is 11.7. The molecule has 0 fully saturated rings. The highest BCUT2D eigenvalue weighted by Crippen LogP contribution is 2.22. The first-order valence-electron chi connectivity index (χ1n) is 24.1. The number of nitrogens with one attached hydrogen (secondary N) is 1. The fraction of sp³-hybridized carbons (Fsp3) is 0.857. The van der Waals surface area contributed by atoms with E-state index in [0.29, 0.717) is 24.2 Å². The third kappa shape index (κ3) is 26.6. The van der Waals surface area contributed by atoms with E-state index in [1.54, 1.807) is 0 Å². The second-order valence-corrected chi connectivity index (χ2v) is 16.8. The Labute approximate surface area is 340 Å². The van der Waals surface area contributed by atoms with Gasteiger partial charge in [0, 0.05) is 19.5 Å². The molecule has 1 aromatic carbocycles. The Bertz CT molecular complexity index is 1090. The summed E-state index contributed by atoms with van der Waals surface area (Å²) >= 11 is 0.